The molecule has 0 unspecified atom stereocenters. The quantitative estimate of drug-likeness (QED) is 0.0643. The summed E-state index contributed by atoms with van der Waals surface area (Å²) < 4.78 is 25.7. The van der Waals surface area contributed by atoms with Gasteiger partial charge in [0.15, 0.2) is 14.0 Å². The van der Waals surface area contributed by atoms with E-state index in [0.29, 0.717) is 34.7 Å². The Labute approximate surface area is 328 Å². The van der Waals surface area contributed by atoms with E-state index in [2.05, 4.69) is 62.3 Å². The predicted octanol–water partition coefficient (Wildman–Crippen LogP) is 8.69. The molecule has 0 aliphatic rings. The molecular formula is C44H49N5O6Si. The average molecular weight is 772 g/mol. The molecule has 0 spiro atoms. The Bertz CT molecular complexity index is 2530. The molecule has 0 saturated carbocycles. The van der Waals surface area contributed by atoms with Gasteiger partial charge in [0.05, 0.1) is 50.7 Å². The lowest BCUT2D eigenvalue weighted by atomic mass is 9.89. The summed E-state index contributed by atoms with van der Waals surface area (Å²) in [6.07, 6.45) is 4.36. The highest BCUT2D eigenvalue weighted by atomic mass is 28.4. The van der Waals surface area contributed by atoms with E-state index >= 15 is 0 Å². The van der Waals surface area contributed by atoms with Gasteiger partial charge in [0.25, 0.3) is 5.56 Å². The zero-order chi connectivity index (χ0) is 40.4. The van der Waals surface area contributed by atoms with Crippen LogP contribution in [0.4, 0.5) is 0 Å². The number of ether oxygens (including phenoxy) is 3. The number of hydrogen-bond acceptors (Lipinski definition) is 9. The zero-order valence-corrected chi connectivity index (χ0v) is 34.6. The van der Waals surface area contributed by atoms with E-state index in [4.69, 9.17) is 18.6 Å². The second-order valence-electron chi connectivity index (χ2n) is 15.5. The Kier molecular flexibility index (Phi) is 11.5. The van der Waals surface area contributed by atoms with Crippen LogP contribution in [0.5, 0.6) is 11.5 Å². The SMILES string of the molecule is COC(=O)c1nn(Cc2ccc(OC)cc2)c(=O)c2c(OC)cc(-c3cnn(C)c3-c3cc(CCCCO[Si](C)(C)C(C)(C)C)c4ccccc4c3C#N)cc12. The molecule has 0 radical (unpaired) electrons. The van der Waals surface area contributed by atoms with Crippen molar-refractivity contribution in [2.45, 2.75) is 64.7 Å². The van der Waals surface area contributed by atoms with Crippen molar-refractivity contribution >= 4 is 35.8 Å². The third kappa shape index (κ3) is 7.70. The van der Waals surface area contributed by atoms with Crippen molar-refractivity contribution in [2.75, 3.05) is 27.9 Å². The number of fused-ring (bicyclic) bond motifs is 2. The molecule has 2 aromatic heterocycles. The van der Waals surface area contributed by atoms with E-state index in [1.54, 1.807) is 42.3 Å². The third-order valence-corrected chi connectivity index (χ3v) is 15.5. The smallest absolute Gasteiger partial charge is 0.359 e. The molecule has 6 aromatic rings. The van der Waals surface area contributed by atoms with Crippen LogP contribution in [0.15, 0.2) is 77.7 Å². The Morgan fingerprint density at radius 1 is 0.911 bits per heavy atom. The molecule has 0 saturated heterocycles. The number of nitriles is 1. The van der Waals surface area contributed by atoms with E-state index in [1.165, 1.54) is 18.9 Å². The molecule has 0 aliphatic heterocycles. The molecule has 4 aromatic carbocycles. The summed E-state index contributed by atoms with van der Waals surface area (Å²) in [6.45, 7) is 12.1. The minimum Gasteiger partial charge on any atom is -0.497 e. The highest BCUT2D eigenvalue weighted by molar-refractivity contribution is 6.74. The largest absolute Gasteiger partial charge is 0.497 e. The van der Waals surface area contributed by atoms with Crippen molar-refractivity contribution in [3.63, 3.8) is 0 Å². The third-order valence-electron chi connectivity index (χ3n) is 11.0. The van der Waals surface area contributed by atoms with Crippen LogP contribution in [0.1, 0.15) is 60.8 Å². The van der Waals surface area contributed by atoms with Crippen LogP contribution < -0.4 is 15.0 Å². The normalized spacial score (nSPS) is 11.9. The molecule has 2 heterocycles. The molecule has 56 heavy (non-hydrogen) atoms. The average Bonchev–Trinajstić information content (AvgIpc) is 3.58. The molecule has 6 rings (SSSR count). The van der Waals surface area contributed by atoms with Gasteiger partial charge in [-0.25, -0.2) is 9.48 Å². The van der Waals surface area contributed by atoms with Crippen LogP contribution in [0.3, 0.4) is 0 Å². The Morgan fingerprint density at radius 3 is 2.27 bits per heavy atom. The van der Waals surface area contributed by atoms with Crippen molar-refractivity contribution in [3.05, 3.63) is 106 Å². The highest BCUT2D eigenvalue weighted by Gasteiger charge is 2.36. The number of unbranched alkanes of at least 4 members (excludes halogenated alkanes) is 1. The lowest BCUT2D eigenvalue weighted by Crippen LogP contribution is -2.40. The van der Waals surface area contributed by atoms with Crippen molar-refractivity contribution < 1.29 is 23.4 Å². The van der Waals surface area contributed by atoms with Gasteiger partial charge < -0.3 is 18.6 Å². The van der Waals surface area contributed by atoms with Gasteiger partial charge in [0, 0.05) is 35.6 Å². The van der Waals surface area contributed by atoms with Crippen molar-refractivity contribution in [1.82, 2.24) is 19.6 Å². The molecule has 290 valence electrons. The molecule has 0 N–H and O–H groups in total. The molecule has 0 aliphatic carbocycles. The van der Waals surface area contributed by atoms with Crippen molar-refractivity contribution in [3.8, 4) is 40.0 Å². The van der Waals surface area contributed by atoms with Gasteiger partial charge in [-0.3, -0.25) is 9.48 Å². The van der Waals surface area contributed by atoms with Crippen LogP contribution in [-0.4, -0.2) is 61.8 Å². The lowest BCUT2D eigenvalue weighted by molar-refractivity contribution is 0.0593. The number of methoxy groups -OCH3 is 3. The van der Waals surface area contributed by atoms with Crippen molar-refractivity contribution in [2.24, 2.45) is 7.05 Å². The van der Waals surface area contributed by atoms with Crippen molar-refractivity contribution in [1.29, 1.82) is 5.26 Å². The maximum atomic E-state index is 14.1. The van der Waals surface area contributed by atoms with Gasteiger partial charge in [0.1, 0.15) is 17.6 Å². The van der Waals surface area contributed by atoms with Crippen LogP contribution in [0.25, 0.3) is 43.9 Å². The molecular weight excluding hydrogens is 723 g/mol. The summed E-state index contributed by atoms with van der Waals surface area (Å²) in [5.74, 6) is 0.230. The Morgan fingerprint density at radius 2 is 1.62 bits per heavy atom. The zero-order valence-electron chi connectivity index (χ0n) is 33.6. The molecule has 0 amide bonds. The predicted molar refractivity (Wildman–Crippen MR) is 222 cm³/mol. The first kappa shape index (κ1) is 39.9. The van der Waals surface area contributed by atoms with Crippen LogP contribution in [0, 0.1) is 11.3 Å². The summed E-state index contributed by atoms with van der Waals surface area (Å²) in [5.41, 5.74) is 4.72. The van der Waals surface area contributed by atoms with Gasteiger partial charge in [-0.2, -0.15) is 15.5 Å². The lowest BCUT2D eigenvalue weighted by Gasteiger charge is -2.36. The summed E-state index contributed by atoms with van der Waals surface area (Å²) in [5, 5.41) is 22.3. The van der Waals surface area contributed by atoms with E-state index < -0.39 is 19.8 Å². The maximum absolute atomic E-state index is 14.1. The number of aryl methyl sites for hydroxylation is 2. The van der Waals surface area contributed by atoms with E-state index in [-0.39, 0.29) is 33.8 Å². The number of carbonyl (C=O) groups excluding carboxylic acids is 1. The number of aromatic nitrogens is 4. The molecule has 11 nitrogen and oxygen atoms in total. The Balaban J connectivity index is 1.46. The van der Waals surface area contributed by atoms with Gasteiger partial charge in [-0.1, -0.05) is 57.2 Å². The molecule has 0 fully saturated rings. The first-order valence-corrected chi connectivity index (χ1v) is 21.6. The summed E-state index contributed by atoms with van der Waals surface area (Å²) in [7, 11) is 4.33. The minimum atomic E-state index is -1.85. The number of benzene rings is 4. The molecule has 0 bridgehead atoms. The summed E-state index contributed by atoms with van der Waals surface area (Å²) >= 11 is 0. The fraction of sp³-hybridized carbons (Fsp3) is 0.341. The fourth-order valence-corrected chi connectivity index (χ4v) is 7.93. The van der Waals surface area contributed by atoms with Gasteiger partial charge in [-0.15, -0.1) is 0 Å². The van der Waals surface area contributed by atoms with Crippen LogP contribution >= 0.6 is 0 Å². The molecule has 12 heteroatoms. The van der Waals surface area contributed by atoms with E-state index in [0.717, 1.165) is 46.7 Å². The first-order chi connectivity index (χ1) is 26.7. The van der Waals surface area contributed by atoms with Gasteiger partial charge in [-0.05, 0) is 89.8 Å². The summed E-state index contributed by atoms with van der Waals surface area (Å²) in [4.78, 5) is 27.4. The number of nitrogens with zero attached hydrogens (tertiary/aromatic N) is 5. The van der Waals surface area contributed by atoms with E-state index in [9.17, 15) is 14.9 Å². The number of carbonyl (C=O) groups is 1. The monoisotopic (exact) mass is 771 g/mol. The van der Waals surface area contributed by atoms with Gasteiger partial charge >= 0.3 is 5.97 Å². The fourth-order valence-electron chi connectivity index (χ4n) is 6.84. The highest BCUT2D eigenvalue weighted by Crippen LogP contribution is 2.41. The number of hydrogen-bond donors (Lipinski definition) is 0. The number of rotatable bonds is 13. The molecule has 0 atom stereocenters. The minimum absolute atomic E-state index is 0.0376. The van der Waals surface area contributed by atoms with Crippen LogP contribution in [0.2, 0.25) is 18.1 Å². The van der Waals surface area contributed by atoms with Gasteiger partial charge in [0.2, 0.25) is 0 Å². The second kappa shape index (κ2) is 16.1. The maximum Gasteiger partial charge on any atom is 0.359 e. The number of esters is 1. The van der Waals surface area contributed by atoms with Crippen LogP contribution in [-0.2, 0) is 29.2 Å². The Hall–Kier alpha value is -5.77. The second-order valence-corrected chi connectivity index (χ2v) is 20.3. The summed E-state index contributed by atoms with van der Waals surface area (Å²) in [6, 6.07) is 23.4. The topological polar surface area (TPSA) is 130 Å². The van der Waals surface area contributed by atoms with E-state index in [1.807, 2.05) is 37.4 Å². The first-order valence-electron chi connectivity index (χ1n) is 18.7. The standard InChI is InChI=1S/C44H49N5O6Si/c1-44(2,3)56(8,9)55-21-13-12-14-29-22-34(36(25-45)33-16-11-10-15-32(29)33)41-37(26-46-48(41)4)30-23-35-39(38(24-30)53-6)42(50)49(47-40(35)43(51)54-7)27-28-17-19-31(52-5)20-18-28/h10-11,15-20,22-24,26H,12-14,21,27H2,1-9H3.